The molecule has 14 heteroatoms. The molecule has 0 aliphatic carbocycles. The smallest absolute Gasteiger partial charge is 0.433 e. The highest BCUT2D eigenvalue weighted by atomic mass is 35.5. The molecule has 2 saturated heterocycles. The van der Waals surface area contributed by atoms with E-state index in [1.807, 2.05) is 0 Å². The number of pyridine rings is 1. The van der Waals surface area contributed by atoms with Crippen molar-refractivity contribution < 1.29 is 27.3 Å². The summed E-state index contributed by atoms with van der Waals surface area (Å²) in [5.74, 6) is -1.03. The van der Waals surface area contributed by atoms with Crippen molar-refractivity contribution in [2.24, 2.45) is 0 Å². The van der Waals surface area contributed by atoms with Crippen LogP contribution >= 0.6 is 22.9 Å². The summed E-state index contributed by atoms with van der Waals surface area (Å²) < 4.78 is 58.1. The van der Waals surface area contributed by atoms with Crippen LogP contribution in [0.15, 0.2) is 24.3 Å². The van der Waals surface area contributed by atoms with Gasteiger partial charge in [-0.2, -0.15) is 17.5 Å². The van der Waals surface area contributed by atoms with Gasteiger partial charge in [0.05, 0.1) is 28.4 Å². The van der Waals surface area contributed by atoms with E-state index >= 15 is 0 Å². The molecule has 8 nitrogen and oxygen atoms in total. The first-order valence-electron chi connectivity index (χ1n) is 8.81. The van der Waals surface area contributed by atoms with Crippen molar-refractivity contribution in [2.75, 3.05) is 19.0 Å². The van der Waals surface area contributed by atoms with Gasteiger partial charge < -0.3 is 19.9 Å². The van der Waals surface area contributed by atoms with E-state index in [-0.39, 0.29) is 28.3 Å². The summed E-state index contributed by atoms with van der Waals surface area (Å²) in [5.41, 5.74) is -3.00. The first-order chi connectivity index (χ1) is 14.5. The molecule has 4 heterocycles. The number of carbonyl (C=O) groups excluding carboxylic acids is 1. The highest BCUT2D eigenvalue weighted by Gasteiger charge is 2.60. The second-order valence-corrected chi connectivity index (χ2v) is 9.81. The Kier molecular flexibility index (Phi) is 5.58. The second kappa shape index (κ2) is 7.81. The third kappa shape index (κ3) is 3.84. The van der Waals surface area contributed by atoms with Crippen molar-refractivity contribution in [3.63, 3.8) is 0 Å². The Hall–Kier alpha value is -2.06. The van der Waals surface area contributed by atoms with E-state index in [2.05, 4.69) is 15.6 Å². The number of aromatic nitrogens is 1. The Morgan fingerprint density at radius 2 is 2.29 bits per heavy atom. The monoisotopic (exact) mass is 493 g/mol. The van der Waals surface area contributed by atoms with Crippen molar-refractivity contribution in [1.82, 2.24) is 14.6 Å². The Balaban J connectivity index is 1.62. The Morgan fingerprint density at radius 3 is 3.00 bits per heavy atom. The number of guanidine groups is 1. The molecule has 2 aromatic rings. The van der Waals surface area contributed by atoms with E-state index in [1.54, 1.807) is 0 Å². The maximum atomic E-state index is 12.9. The molecule has 2 aliphatic rings. The highest BCUT2D eigenvalue weighted by molar-refractivity contribution is 7.90. The van der Waals surface area contributed by atoms with Crippen molar-refractivity contribution in [3.05, 3.63) is 44.7 Å². The summed E-state index contributed by atoms with van der Waals surface area (Å²) in [5, 5.41) is 13.6. The van der Waals surface area contributed by atoms with Gasteiger partial charge in [-0.25, -0.2) is 4.98 Å². The van der Waals surface area contributed by atoms with E-state index in [0.29, 0.717) is 11.3 Å². The van der Waals surface area contributed by atoms with E-state index in [1.165, 1.54) is 23.5 Å². The molecule has 1 amide bonds. The molecule has 166 valence electrons. The van der Waals surface area contributed by atoms with Gasteiger partial charge >= 0.3 is 6.18 Å². The maximum Gasteiger partial charge on any atom is 0.433 e. The molecule has 0 bridgehead atoms. The van der Waals surface area contributed by atoms with Crippen LogP contribution in [0.4, 0.5) is 19.0 Å². The van der Waals surface area contributed by atoms with E-state index in [0.717, 1.165) is 23.5 Å². The molecule has 2 fully saturated rings. The van der Waals surface area contributed by atoms with Crippen molar-refractivity contribution in [3.8, 4) is 0 Å². The number of anilines is 1. The van der Waals surface area contributed by atoms with Crippen LogP contribution in [-0.2, 0) is 27.8 Å². The lowest BCUT2D eigenvalue weighted by Gasteiger charge is -2.42. The predicted octanol–water partition coefficient (Wildman–Crippen LogP) is 3.14. The van der Waals surface area contributed by atoms with Crippen molar-refractivity contribution in [1.29, 1.82) is 5.41 Å². The molecule has 3 unspecified atom stereocenters. The molecular formula is C17H15ClF3N5O3S2. The van der Waals surface area contributed by atoms with Crippen LogP contribution in [-0.4, -0.2) is 44.8 Å². The summed E-state index contributed by atoms with van der Waals surface area (Å²) >= 11 is 5.72. The van der Waals surface area contributed by atoms with Gasteiger partial charge in [-0.15, -0.1) is 11.3 Å². The van der Waals surface area contributed by atoms with Crippen LogP contribution in [0.2, 0.25) is 5.02 Å². The summed E-state index contributed by atoms with van der Waals surface area (Å²) in [6, 6.07) is 4.56. The number of thiophene rings is 1. The van der Waals surface area contributed by atoms with Gasteiger partial charge in [0.25, 0.3) is 11.3 Å². The molecule has 2 aliphatic heterocycles. The standard InChI is InChI=1S/C17H15ClF3N5O3S2/c1-26-15(22)25-16(5-6-29-14(16)31(26)28)12-8(18)7-9(30-12)13(27)24-11-4-2-3-10(23-11)17(19,20)21/h2-4,7,14H,5-6H2,1H3,(H2,22,25)(H,23,24,27). The Bertz CT molecular complexity index is 1050. The average Bonchev–Trinajstić information content (AvgIpc) is 3.30. The zero-order chi connectivity index (χ0) is 22.6. The third-order valence-electron chi connectivity index (χ3n) is 4.87. The molecule has 0 aromatic carbocycles. The summed E-state index contributed by atoms with van der Waals surface area (Å²) in [6.07, 6.45) is -4.27. The maximum absolute atomic E-state index is 12.9. The highest BCUT2D eigenvalue weighted by Crippen LogP contribution is 2.47. The van der Waals surface area contributed by atoms with Crippen LogP contribution in [0.25, 0.3) is 0 Å². The normalized spacial score (nSPS) is 25.9. The van der Waals surface area contributed by atoms with Gasteiger partial charge in [-0.3, -0.25) is 10.2 Å². The number of hydrogen-bond donors (Lipinski definition) is 3. The SMILES string of the molecule is CN1C(=N)NC2(c3sc(C(=O)Nc4cccc(C(F)(F)F)n4)cc3Cl)CCOC2[S+]1[O-]. The largest absolute Gasteiger partial charge is 0.591 e. The lowest BCUT2D eigenvalue weighted by Crippen LogP contribution is -2.65. The Labute approximate surface area is 186 Å². The van der Waals surface area contributed by atoms with E-state index in [9.17, 15) is 22.5 Å². The molecular weight excluding hydrogens is 479 g/mol. The topological polar surface area (TPSA) is 113 Å². The summed E-state index contributed by atoms with van der Waals surface area (Å²) in [6.45, 7) is 0.272. The number of nitrogens with one attached hydrogen (secondary N) is 3. The minimum Gasteiger partial charge on any atom is -0.591 e. The van der Waals surface area contributed by atoms with Crippen LogP contribution in [0.5, 0.6) is 0 Å². The fourth-order valence-corrected chi connectivity index (χ4v) is 6.40. The minimum absolute atomic E-state index is 0.0799. The molecule has 3 N–H and O–H groups in total. The predicted molar refractivity (Wildman–Crippen MR) is 109 cm³/mol. The zero-order valence-corrected chi connectivity index (χ0v) is 18.1. The molecule has 0 radical (unpaired) electrons. The molecule has 0 saturated carbocycles. The fraction of sp³-hybridized carbons (Fsp3) is 0.353. The van der Waals surface area contributed by atoms with Crippen LogP contribution < -0.4 is 10.6 Å². The number of nitrogens with zero attached hydrogens (tertiary/aromatic N) is 2. The number of carbonyl (C=O) groups is 1. The number of fused-ring (bicyclic) bond motifs is 1. The summed E-state index contributed by atoms with van der Waals surface area (Å²) in [7, 11) is 1.49. The number of amides is 1. The number of hydrogen-bond acceptors (Lipinski definition) is 6. The number of alkyl halides is 3. The first-order valence-corrected chi connectivity index (χ1v) is 11.2. The molecule has 2 aromatic heterocycles. The van der Waals surface area contributed by atoms with Crippen LogP contribution in [0.1, 0.15) is 26.7 Å². The van der Waals surface area contributed by atoms with Crippen LogP contribution in [0, 0.1) is 5.41 Å². The molecule has 3 atom stereocenters. The summed E-state index contributed by atoms with van der Waals surface area (Å²) in [4.78, 5) is 16.7. The quantitative estimate of drug-likeness (QED) is 0.566. The number of rotatable bonds is 3. The van der Waals surface area contributed by atoms with Crippen molar-refractivity contribution >= 4 is 52.0 Å². The third-order valence-corrected chi connectivity index (χ3v) is 8.22. The van der Waals surface area contributed by atoms with Gasteiger partial charge in [0.2, 0.25) is 5.96 Å². The molecule has 0 spiro atoms. The first kappa shape index (κ1) is 22.1. The van der Waals surface area contributed by atoms with E-state index < -0.39 is 40.1 Å². The van der Waals surface area contributed by atoms with Gasteiger partial charge in [-0.1, -0.05) is 17.7 Å². The average molecular weight is 494 g/mol. The number of ether oxygens (including phenoxy) is 1. The van der Waals surface area contributed by atoms with Gasteiger partial charge in [0, 0.05) is 6.42 Å². The van der Waals surface area contributed by atoms with Crippen LogP contribution in [0.3, 0.4) is 0 Å². The fourth-order valence-electron chi connectivity index (χ4n) is 3.36. The lowest BCUT2D eigenvalue weighted by molar-refractivity contribution is -0.141. The lowest BCUT2D eigenvalue weighted by atomic mass is 9.96. The second-order valence-electron chi connectivity index (χ2n) is 6.82. The Morgan fingerprint density at radius 1 is 1.55 bits per heavy atom. The minimum atomic E-state index is -4.64. The van der Waals surface area contributed by atoms with Gasteiger partial charge in [0.1, 0.15) is 22.9 Å². The van der Waals surface area contributed by atoms with Crippen molar-refractivity contribution in [2.45, 2.75) is 23.6 Å². The van der Waals surface area contributed by atoms with Gasteiger partial charge in [-0.05, 0) is 18.2 Å². The zero-order valence-electron chi connectivity index (χ0n) is 15.7. The van der Waals surface area contributed by atoms with Gasteiger partial charge in [0.15, 0.2) is 5.54 Å². The molecule has 4 rings (SSSR count). The molecule has 31 heavy (non-hydrogen) atoms. The number of halogens is 4. The van der Waals surface area contributed by atoms with E-state index in [4.69, 9.17) is 21.7 Å².